The van der Waals surface area contributed by atoms with E-state index in [1.807, 2.05) is 19.1 Å². The number of rotatable bonds is 2. The van der Waals surface area contributed by atoms with Crippen molar-refractivity contribution >= 4 is 0 Å². The first kappa shape index (κ1) is 11.1. The van der Waals surface area contributed by atoms with E-state index in [9.17, 15) is 5.11 Å². The van der Waals surface area contributed by atoms with Crippen molar-refractivity contribution in [3.05, 3.63) is 12.2 Å². The summed E-state index contributed by atoms with van der Waals surface area (Å²) in [4.78, 5) is 0. The van der Waals surface area contributed by atoms with Crippen LogP contribution >= 0.6 is 0 Å². The molecule has 1 N–H and O–H groups in total. The highest BCUT2D eigenvalue weighted by molar-refractivity contribution is 4.98. The predicted molar refractivity (Wildman–Crippen MR) is 57.5 cm³/mol. The van der Waals surface area contributed by atoms with Gasteiger partial charge in [0.25, 0.3) is 0 Å². The van der Waals surface area contributed by atoms with Crippen LogP contribution in [0.3, 0.4) is 0 Å². The average molecular weight is 212 g/mol. The van der Waals surface area contributed by atoms with Crippen LogP contribution in [0.4, 0.5) is 0 Å². The molecule has 86 valence electrons. The molecule has 1 heterocycles. The van der Waals surface area contributed by atoms with E-state index in [0.717, 1.165) is 12.8 Å². The first-order chi connectivity index (χ1) is 7.29. The molecule has 15 heavy (non-hydrogen) atoms. The minimum absolute atomic E-state index is 0.0384. The normalized spacial score (nSPS) is 35.3. The summed E-state index contributed by atoms with van der Waals surface area (Å²) in [5.41, 5.74) is 0. The van der Waals surface area contributed by atoms with Crippen molar-refractivity contribution in [1.82, 2.24) is 0 Å². The van der Waals surface area contributed by atoms with Gasteiger partial charge >= 0.3 is 0 Å². The van der Waals surface area contributed by atoms with Crippen LogP contribution in [0.15, 0.2) is 12.2 Å². The molecule has 0 amide bonds. The second-order valence-electron chi connectivity index (χ2n) is 4.42. The molecule has 1 spiro atoms. The van der Waals surface area contributed by atoms with Crippen molar-refractivity contribution in [3.63, 3.8) is 0 Å². The quantitative estimate of drug-likeness (QED) is 0.711. The number of hydrogen-bond donors (Lipinski definition) is 1. The summed E-state index contributed by atoms with van der Waals surface area (Å²) in [6.07, 6.45) is 9.23. The van der Waals surface area contributed by atoms with Crippen LogP contribution in [-0.4, -0.2) is 29.7 Å². The Morgan fingerprint density at radius 3 is 2.60 bits per heavy atom. The van der Waals surface area contributed by atoms with Crippen molar-refractivity contribution in [3.8, 4) is 0 Å². The van der Waals surface area contributed by atoms with Crippen LogP contribution in [0, 0.1) is 0 Å². The third-order valence-corrected chi connectivity index (χ3v) is 3.26. The second kappa shape index (κ2) is 4.64. The lowest BCUT2D eigenvalue weighted by Crippen LogP contribution is -2.33. The van der Waals surface area contributed by atoms with E-state index in [1.54, 1.807) is 0 Å². The molecule has 2 atom stereocenters. The zero-order chi connectivity index (χ0) is 10.7. The van der Waals surface area contributed by atoms with Gasteiger partial charge in [0.1, 0.15) is 12.2 Å². The second-order valence-corrected chi connectivity index (χ2v) is 4.42. The minimum Gasteiger partial charge on any atom is -0.394 e. The fraction of sp³-hybridized carbons (Fsp3) is 0.833. The molecule has 0 unspecified atom stereocenters. The van der Waals surface area contributed by atoms with Gasteiger partial charge in [-0.25, -0.2) is 0 Å². The van der Waals surface area contributed by atoms with Crippen LogP contribution in [0.2, 0.25) is 0 Å². The van der Waals surface area contributed by atoms with Crippen molar-refractivity contribution in [2.24, 2.45) is 0 Å². The molecule has 0 aromatic rings. The Labute approximate surface area is 91.1 Å². The number of hydrogen-bond acceptors (Lipinski definition) is 3. The molecule has 0 radical (unpaired) electrons. The molecule has 1 saturated carbocycles. The van der Waals surface area contributed by atoms with Crippen LogP contribution in [0.5, 0.6) is 0 Å². The third-order valence-electron chi connectivity index (χ3n) is 3.26. The molecule has 1 aliphatic heterocycles. The van der Waals surface area contributed by atoms with Gasteiger partial charge in [0, 0.05) is 12.8 Å². The molecule has 2 fully saturated rings. The lowest BCUT2D eigenvalue weighted by molar-refractivity contribution is -0.193. The Hall–Kier alpha value is -0.380. The van der Waals surface area contributed by atoms with E-state index in [1.165, 1.54) is 19.3 Å². The van der Waals surface area contributed by atoms with Gasteiger partial charge < -0.3 is 14.6 Å². The number of aliphatic hydroxyl groups is 1. The summed E-state index contributed by atoms with van der Waals surface area (Å²) in [7, 11) is 0. The molecule has 0 aromatic carbocycles. The maximum Gasteiger partial charge on any atom is 0.169 e. The average Bonchev–Trinajstić information content (AvgIpc) is 2.58. The molecule has 1 saturated heterocycles. The van der Waals surface area contributed by atoms with E-state index >= 15 is 0 Å². The molecule has 0 aromatic heterocycles. The summed E-state index contributed by atoms with van der Waals surface area (Å²) < 4.78 is 11.8. The van der Waals surface area contributed by atoms with E-state index in [4.69, 9.17) is 9.47 Å². The fourth-order valence-corrected chi connectivity index (χ4v) is 2.51. The van der Waals surface area contributed by atoms with Crippen LogP contribution in [0.25, 0.3) is 0 Å². The van der Waals surface area contributed by atoms with Crippen molar-refractivity contribution in [2.75, 3.05) is 6.61 Å². The SMILES string of the molecule is C/C=C/[C@@H]1OC2(CCCCC2)O[C@H]1CO. The first-order valence-electron chi connectivity index (χ1n) is 5.89. The van der Waals surface area contributed by atoms with Gasteiger partial charge in [-0.05, 0) is 19.8 Å². The Bertz CT molecular complexity index is 231. The molecule has 1 aliphatic carbocycles. The van der Waals surface area contributed by atoms with E-state index in [-0.39, 0.29) is 18.8 Å². The monoisotopic (exact) mass is 212 g/mol. The lowest BCUT2D eigenvalue weighted by Gasteiger charge is -2.31. The Morgan fingerprint density at radius 1 is 1.27 bits per heavy atom. The zero-order valence-corrected chi connectivity index (χ0v) is 9.32. The molecule has 2 aliphatic rings. The first-order valence-corrected chi connectivity index (χ1v) is 5.89. The summed E-state index contributed by atoms with van der Waals surface area (Å²) >= 11 is 0. The maximum atomic E-state index is 9.24. The highest BCUT2D eigenvalue weighted by Gasteiger charge is 2.46. The summed E-state index contributed by atoms with van der Waals surface area (Å²) in [6, 6.07) is 0. The van der Waals surface area contributed by atoms with Crippen molar-refractivity contribution < 1.29 is 14.6 Å². The van der Waals surface area contributed by atoms with E-state index in [0.29, 0.717) is 0 Å². The molecule has 2 rings (SSSR count). The highest BCUT2D eigenvalue weighted by atomic mass is 16.8. The summed E-state index contributed by atoms with van der Waals surface area (Å²) in [5.74, 6) is -0.393. The molecule has 3 nitrogen and oxygen atoms in total. The molecule has 3 heteroatoms. The maximum absolute atomic E-state index is 9.24. The number of ether oxygens (including phenoxy) is 2. The van der Waals surface area contributed by atoms with E-state index in [2.05, 4.69) is 0 Å². The standard InChI is InChI=1S/C12H20O3/c1-2-6-10-11(9-13)15-12(14-10)7-4-3-5-8-12/h2,6,10-11,13H,3-5,7-9H2,1H3/b6-2+/t10-,11-/m0/s1. The topological polar surface area (TPSA) is 38.7 Å². The van der Waals surface area contributed by atoms with Gasteiger partial charge in [-0.3, -0.25) is 0 Å². The minimum atomic E-state index is -0.393. The van der Waals surface area contributed by atoms with Crippen molar-refractivity contribution in [1.29, 1.82) is 0 Å². The van der Waals surface area contributed by atoms with Gasteiger partial charge in [-0.1, -0.05) is 18.6 Å². The number of allylic oxidation sites excluding steroid dienone is 1. The Morgan fingerprint density at radius 2 is 2.00 bits per heavy atom. The fourth-order valence-electron chi connectivity index (χ4n) is 2.51. The summed E-state index contributed by atoms with van der Waals surface area (Å²) in [5, 5.41) is 9.24. The highest BCUT2D eigenvalue weighted by Crippen LogP contribution is 2.40. The lowest BCUT2D eigenvalue weighted by atomic mass is 9.94. The van der Waals surface area contributed by atoms with Gasteiger partial charge in [0.05, 0.1) is 6.61 Å². The Balaban J connectivity index is 2.05. The van der Waals surface area contributed by atoms with Crippen LogP contribution < -0.4 is 0 Å². The predicted octanol–water partition coefficient (Wildman–Crippen LogP) is 2.00. The largest absolute Gasteiger partial charge is 0.394 e. The third kappa shape index (κ3) is 2.25. The van der Waals surface area contributed by atoms with Gasteiger partial charge in [0.2, 0.25) is 0 Å². The van der Waals surface area contributed by atoms with Crippen LogP contribution in [-0.2, 0) is 9.47 Å². The van der Waals surface area contributed by atoms with Crippen molar-refractivity contribution in [2.45, 2.75) is 57.0 Å². The van der Waals surface area contributed by atoms with Gasteiger partial charge in [0.15, 0.2) is 5.79 Å². The van der Waals surface area contributed by atoms with Crippen LogP contribution in [0.1, 0.15) is 39.0 Å². The van der Waals surface area contributed by atoms with Gasteiger partial charge in [-0.15, -0.1) is 0 Å². The molecule has 0 bridgehead atoms. The number of aliphatic hydroxyl groups excluding tert-OH is 1. The summed E-state index contributed by atoms with van der Waals surface area (Å²) in [6.45, 7) is 2.00. The molecular weight excluding hydrogens is 192 g/mol. The van der Waals surface area contributed by atoms with Gasteiger partial charge in [-0.2, -0.15) is 0 Å². The zero-order valence-electron chi connectivity index (χ0n) is 9.32. The molecular formula is C12H20O3. The smallest absolute Gasteiger partial charge is 0.169 e. The Kier molecular flexibility index (Phi) is 3.44. The van der Waals surface area contributed by atoms with E-state index < -0.39 is 5.79 Å².